The molecule has 1 aromatic carbocycles. The van der Waals surface area contributed by atoms with Gasteiger partial charge in [-0.2, -0.15) is 0 Å². The van der Waals surface area contributed by atoms with Gasteiger partial charge in [0.15, 0.2) is 0 Å². The van der Waals surface area contributed by atoms with E-state index in [1.165, 1.54) is 18.2 Å². The maximum atomic E-state index is 12.6. The summed E-state index contributed by atoms with van der Waals surface area (Å²) < 4.78 is 24.5. The van der Waals surface area contributed by atoms with Gasteiger partial charge in [-0.1, -0.05) is 12.2 Å². The zero-order valence-corrected chi connectivity index (χ0v) is 8.50. The second-order valence-corrected chi connectivity index (χ2v) is 2.93. The largest absolute Gasteiger partial charge is 0.356 e. The van der Waals surface area contributed by atoms with E-state index in [4.69, 9.17) is 0 Å². The maximum absolute atomic E-state index is 12.6. The number of anilines is 1. The molecule has 0 fully saturated rings. The summed E-state index contributed by atoms with van der Waals surface area (Å²) in [5.41, 5.74) is 1.55. The van der Waals surface area contributed by atoms with Gasteiger partial charge in [0.2, 0.25) is 0 Å². The van der Waals surface area contributed by atoms with Gasteiger partial charge in [-0.15, -0.1) is 0 Å². The number of alkyl halides is 1. The highest BCUT2D eigenvalue weighted by Crippen LogP contribution is 2.11. The van der Waals surface area contributed by atoms with Gasteiger partial charge in [0.05, 0.1) is 0 Å². The molecule has 0 aliphatic rings. The average molecular weight is 209 g/mol. The van der Waals surface area contributed by atoms with E-state index in [1.807, 2.05) is 13.0 Å². The Labute approximate surface area is 88.1 Å². The quantitative estimate of drug-likeness (QED) is 0.746. The Morgan fingerprint density at radius 2 is 2.00 bits per heavy atom. The summed E-state index contributed by atoms with van der Waals surface area (Å²) >= 11 is 0. The molecule has 80 valence electrons. The van der Waals surface area contributed by atoms with Crippen LogP contribution >= 0.6 is 0 Å². The lowest BCUT2D eigenvalue weighted by molar-refractivity contribution is 0.561. The first-order valence-electron chi connectivity index (χ1n) is 4.67. The van der Waals surface area contributed by atoms with E-state index in [-0.39, 0.29) is 5.82 Å². The molecule has 0 atom stereocenters. The fraction of sp³-hybridized carbons (Fsp3) is 0.167. The molecule has 0 aliphatic heterocycles. The minimum Gasteiger partial charge on any atom is -0.356 e. The summed E-state index contributed by atoms with van der Waals surface area (Å²) in [7, 11) is 0. The second kappa shape index (κ2) is 5.96. The first-order valence-corrected chi connectivity index (χ1v) is 4.67. The molecule has 0 aromatic heterocycles. The number of halogens is 2. The molecule has 0 saturated heterocycles. The molecule has 0 saturated carbocycles. The second-order valence-electron chi connectivity index (χ2n) is 2.93. The number of hydrogen-bond donors (Lipinski definition) is 1. The minimum atomic E-state index is -0.498. The first-order chi connectivity index (χ1) is 7.26. The molecule has 3 heteroatoms. The molecule has 0 radical (unpaired) electrons. The van der Waals surface area contributed by atoms with Crippen molar-refractivity contribution >= 4 is 5.69 Å². The molecule has 0 aliphatic carbocycles. The highest BCUT2D eigenvalue weighted by Gasteiger charge is 1.94. The van der Waals surface area contributed by atoms with Crippen molar-refractivity contribution in [3.8, 4) is 0 Å². The van der Waals surface area contributed by atoms with E-state index >= 15 is 0 Å². The zero-order chi connectivity index (χ0) is 11.1. The number of nitrogens with one attached hydrogen (secondary N) is 1. The Kier molecular flexibility index (Phi) is 4.54. The van der Waals surface area contributed by atoms with Crippen molar-refractivity contribution in [1.82, 2.24) is 0 Å². The standard InChI is InChI=1S/C12H13F2N/c1-2-11(4-3-9-13)15-12-7-5-10(14)6-8-12/h2-8,15H,9H2,1H3/b4-3-,11-2+. The van der Waals surface area contributed by atoms with Crippen LogP contribution in [0.15, 0.2) is 48.2 Å². The molecule has 1 rings (SSSR count). The lowest BCUT2D eigenvalue weighted by Crippen LogP contribution is -1.96. The van der Waals surface area contributed by atoms with E-state index in [9.17, 15) is 8.78 Å². The fourth-order valence-electron chi connectivity index (χ4n) is 1.08. The molecule has 0 unspecified atom stereocenters. The van der Waals surface area contributed by atoms with Crippen LogP contribution in [0, 0.1) is 5.82 Å². The molecular weight excluding hydrogens is 196 g/mol. The van der Waals surface area contributed by atoms with Gasteiger partial charge in [-0.3, -0.25) is 0 Å². The smallest absolute Gasteiger partial charge is 0.123 e. The van der Waals surface area contributed by atoms with Crippen molar-refractivity contribution in [2.24, 2.45) is 0 Å². The highest BCUT2D eigenvalue weighted by atomic mass is 19.1. The third-order valence-electron chi connectivity index (χ3n) is 1.83. The van der Waals surface area contributed by atoms with Gasteiger partial charge < -0.3 is 5.32 Å². The zero-order valence-electron chi connectivity index (χ0n) is 8.50. The monoisotopic (exact) mass is 209 g/mol. The van der Waals surface area contributed by atoms with Crippen molar-refractivity contribution in [2.75, 3.05) is 12.0 Å². The molecular formula is C12H13F2N. The van der Waals surface area contributed by atoms with E-state index < -0.39 is 6.67 Å². The minimum absolute atomic E-state index is 0.276. The predicted molar refractivity (Wildman–Crippen MR) is 58.9 cm³/mol. The Hall–Kier alpha value is -1.64. The van der Waals surface area contributed by atoms with Gasteiger partial charge in [0, 0.05) is 11.4 Å². The van der Waals surface area contributed by atoms with E-state index in [1.54, 1.807) is 18.2 Å². The lowest BCUT2D eigenvalue weighted by atomic mass is 10.3. The van der Waals surface area contributed by atoms with Crippen LogP contribution in [0.4, 0.5) is 14.5 Å². The van der Waals surface area contributed by atoms with Crippen molar-refractivity contribution in [3.63, 3.8) is 0 Å². The van der Waals surface area contributed by atoms with Gasteiger partial charge in [0.25, 0.3) is 0 Å². The van der Waals surface area contributed by atoms with Crippen LogP contribution in [0.5, 0.6) is 0 Å². The molecule has 0 heterocycles. The number of rotatable bonds is 4. The molecule has 15 heavy (non-hydrogen) atoms. The summed E-state index contributed by atoms with van der Waals surface area (Å²) in [4.78, 5) is 0. The Morgan fingerprint density at radius 3 is 2.53 bits per heavy atom. The average Bonchev–Trinajstić information content (AvgIpc) is 2.27. The third kappa shape index (κ3) is 3.94. The van der Waals surface area contributed by atoms with Crippen LogP contribution in [-0.2, 0) is 0 Å². The third-order valence-corrected chi connectivity index (χ3v) is 1.83. The molecule has 0 amide bonds. The van der Waals surface area contributed by atoms with Crippen molar-refractivity contribution < 1.29 is 8.78 Å². The van der Waals surface area contributed by atoms with Crippen LogP contribution in [0.3, 0.4) is 0 Å². The van der Waals surface area contributed by atoms with Gasteiger partial charge in [-0.05, 0) is 37.3 Å². The maximum Gasteiger partial charge on any atom is 0.123 e. The van der Waals surface area contributed by atoms with Crippen LogP contribution < -0.4 is 5.32 Å². The summed E-state index contributed by atoms with van der Waals surface area (Å²) in [6, 6.07) is 5.99. The van der Waals surface area contributed by atoms with Gasteiger partial charge >= 0.3 is 0 Å². The van der Waals surface area contributed by atoms with Gasteiger partial charge in [0.1, 0.15) is 12.5 Å². The van der Waals surface area contributed by atoms with Crippen molar-refractivity contribution in [3.05, 3.63) is 54.0 Å². The Balaban J connectivity index is 2.67. The van der Waals surface area contributed by atoms with Crippen molar-refractivity contribution in [2.45, 2.75) is 6.92 Å². The van der Waals surface area contributed by atoms with E-state index in [0.29, 0.717) is 0 Å². The molecule has 1 N–H and O–H groups in total. The summed E-state index contributed by atoms with van der Waals surface area (Å²) in [5.74, 6) is -0.276. The highest BCUT2D eigenvalue weighted by molar-refractivity contribution is 5.50. The Morgan fingerprint density at radius 1 is 1.33 bits per heavy atom. The van der Waals surface area contributed by atoms with E-state index in [2.05, 4.69) is 5.32 Å². The van der Waals surface area contributed by atoms with Crippen LogP contribution in [-0.4, -0.2) is 6.67 Å². The van der Waals surface area contributed by atoms with Crippen LogP contribution in [0.25, 0.3) is 0 Å². The Bertz CT molecular complexity index is 352. The molecule has 1 aromatic rings. The fourth-order valence-corrected chi connectivity index (χ4v) is 1.08. The number of benzene rings is 1. The lowest BCUT2D eigenvalue weighted by Gasteiger charge is -2.06. The van der Waals surface area contributed by atoms with E-state index in [0.717, 1.165) is 11.4 Å². The topological polar surface area (TPSA) is 12.0 Å². The number of hydrogen-bond acceptors (Lipinski definition) is 1. The predicted octanol–water partition coefficient (Wildman–Crippen LogP) is 3.67. The number of allylic oxidation sites excluding steroid dienone is 3. The van der Waals surface area contributed by atoms with Crippen LogP contribution in [0.1, 0.15) is 6.92 Å². The summed E-state index contributed by atoms with van der Waals surface area (Å²) in [5, 5.41) is 3.03. The van der Waals surface area contributed by atoms with Crippen molar-refractivity contribution in [1.29, 1.82) is 0 Å². The normalized spacial score (nSPS) is 12.1. The molecule has 0 bridgehead atoms. The molecule has 1 nitrogen and oxygen atoms in total. The van der Waals surface area contributed by atoms with Crippen LogP contribution in [0.2, 0.25) is 0 Å². The first kappa shape index (κ1) is 11.4. The van der Waals surface area contributed by atoms with Gasteiger partial charge in [-0.25, -0.2) is 8.78 Å². The molecule has 0 spiro atoms. The summed E-state index contributed by atoms with van der Waals surface area (Å²) in [6.07, 6.45) is 4.87. The summed E-state index contributed by atoms with van der Waals surface area (Å²) in [6.45, 7) is 1.34. The SMILES string of the molecule is C/C=C(\C=C/CF)Nc1ccc(F)cc1.